The lowest BCUT2D eigenvalue weighted by Gasteiger charge is -2.30. The van der Waals surface area contributed by atoms with Crippen LogP contribution >= 0.6 is 27.3 Å². The number of fused-ring (bicyclic) bond motifs is 1. The van der Waals surface area contributed by atoms with E-state index in [1.807, 2.05) is 0 Å². The first-order valence-electron chi connectivity index (χ1n) is 7.62. The van der Waals surface area contributed by atoms with Gasteiger partial charge in [-0.15, -0.1) is 0 Å². The van der Waals surface area contributed by atoms with Crippen molar-refractivity contribution in [3.05, 3.63) is 19.8 Å². The summed E-state index contributed by atoms with van der Waals surface area (Å²) in [6.45, 7) is 5.64. The summed E-state index contributed by atoms with van der Waals surface area (Å²) in [5.74, 6) is -2.76. The molecule has 1 fully saturated rings. The van der Waals surface area contributed by atoms with Crippen molar-refractivity contribution in [2.45, 2.75) is 19.5 Å². The zero-order valence-corrected chi connectivity index (χ0v) is 16.0. The van der Waals surface area contributed by atoms with Crippen LogP contribution in [0.3, 0.4) is 0 Å². The van der Waals surface area contributed by atoms with Gasteiger partial charge < -0.3 is 20.3 Å². The number of anilines is 1. The van der Waals surface area contributed by atoms with E-state index in [2.05, 4.69) is 43.0 Å². The summed E-state index contributed by atoms with van der Waals surface area (Å²) in [5, 5.41) is 10.4. The van der Waals surface area contributed by atoms with E-state index in [0.717, 1.165) is 52.7 Å². The number of aromatic amines is 1. The smallest absolute Gasteiger partial charge is 0.475 e. The standard InChI is InChI=1S/C12H15BrN4OS.C2HF3O2/c1-2-7-9(17-5-3-14-4-6-17)10(18)8-11(15-7)19-12(13)16-8;3-2(4,5)1(6)7/h14H,2-6H2,1H3,(H,15,18);(H,6,7). The molecule has 26 heavy (non-hydrogen) atoms. The molecular formula is C14H16BrF3N4O3S. The Hall–Kier alpha value is -1.66. The molecule has 0 aromatic carbocycles. The number of pyridine rings is 1. The average molecular weight is 457 g/mol. The lowest BCUT2D eigenvalue weighted by atomic mass is 10.2. The number of alkyl halides is 3. The third kappa shape index (κ3) is 4.74. The molecule has 7 nitrogen and oxygen atoms in total. The Morgan fingerprint density at radius 2 is 1.96 bits per heavy atom. The van der Waals surface area contributed by atoms with E-state index in [-0.39, 0.29) is 5.43 Å². The summed E-state index contributed by atoms with van der Waals surface area (Å²) in [7, 11) is 0. The van der Waals surface area contributed by atoms with E-state index in [4.69, 9.17) is 9.90 Å². The zero-order valence-electron chi connectivity index (χ0n) is 13.6. The summed E-state index contributed by atoms with van der Waals surface area (Å²) in [4.78, 5) is 32.2. The van der Waals surface area contributed by atoms with Crippen LogP contribution in [0.4, 0.5) is 18.9 Å². The number of carbonyl (C=O) groups is 1. The molecule has 2 aromatic rings. The van der Waals surface area contributed by atoms with Gasteiger partial charge in [0.2, 0.25) is 5.43 Å². The van der Waals surface area contributed by atoms with E-state index >= 15 is 0 Å². The van der Waals surface area contributed by atoms with Crippen LogP contribution in [0.25, 0.3) is 10.3 Å². The Balaban J connectivity index is 0.000000298. The fourth-order valence-electron chi connectivity index (χ4n) is 2.46. The van der Waals surface area contributed by atoms with Gasteiger partial charge in [-0.2, -0.15) is 13.2 Å². The summed E-state index contributed by atoms with van der Waals surface area (Å²) in [5.41, 5.74) is 2.40. The van der Waals surface area contributed by atoms with Crippen molar-refractivity contribution in [2.24, 2.45) is 0 Å². The minimum absolute atomic E-state index is 0.0504. The number of carboxylic acid groups (broad SMARTS) is 1. The highest BCUT2D eigenvalue weighted by atomic mass is 79.9. The van der Waals surface area contributed by atoms with Gasteiger partial charge in [-0.1, -0.05) is 18.3 Å². The maximum Gasteiger partial charge on any atom is 0.490 e. The molecule has 0 radical (unpaired) electrons. The molecule has 0 aliphatic carbocycles. The Kier molecular flexibility index (Phi) is 6.64. The number of nitrogens with zero attached hydrogens (tertiary/aromatic N) is 2. The van der Waals surface area contributed by atoms with Crippen molar-refractivity contribution in [1.82, 2.24) is 15.3 Å². The molecule has 3 heterocycles. The number of aromatic nitrogens is 2. The Morgan fingerprint density at radius 3 is 2.46 bits per heavy atom. The monoisotopic (exact) mass is 456 g/mol. The fourth-order valence-corrected chi connectivity index (χ4v) is 3.83. The molecule has 0 atom stereocenters. The summed E-state index contributed by atoms with van der Waals surface area (Å²) >= 11 is 4.82. The number of aryl methyl sites for hydroxylation is 1. The molecule has 3 N–H and O–H groups in total. The van der Waals surface area contributed by atoms with Gasteiger partial charge in [-0.25, -0.2) is 9.78 Å². The summed E-state index contributed by atoms with van der Waals surface area (Å²) in [6, 6.07) is 0. The van der Waals surface area contributed by atoms with Gasteiger partial charge in [0.05, 0.1) is 0 Å². The van der Waals surface area contributed by atoms with Crippen molar-refractivity contribution in [2.75, 3.05) is 31.1 Å². The van der Waals surface area contributed by atoms with Crippen molar-refractivity contribution in [3.8, 4) is 0 Å². The van der Waals surface area contributed by atoms with E-state index in [9.17, 15) is 18.0 Å². The van der Waals surface area contributed by atoms with Crippen molar-refractivity contribution in [1.29, 1.82) is 0 Å². The summed E-state index contributed by atoms with van der Waals surface area (Å²) in [6.07, 6.45) is -4.26. The average Bonchev–Trinajstić information content (AvgIpc) is 2.96. The second-order valence-corrected chi connectivity index (χ2v) is 7.59. The maximum atomic E-state index is 12.7. The molecule has 12 heteroatoms. The van der Waals surface area contributed by atoms with Crippen molar-refractivity contribution < 1.29 is 23.1 Å². The lowest BCUT2D eigenvalue weighted by molar-refractivity contribution is -0.192. The first-order chi connectivity index (χ1) is 12.1. The van der Waals surface area contributed by atoms with Gasteiger partial charge in [-0.05, 0) is 22.4 Å². The van der Waals surface area contributed by atoms with Gasteiger partial charge in [0, 0.05) is 31.9 Å². The van der Waals surface area contributed by atoms with Crippen LogP contribution in [0.1, 0.15) is 12.6 Å². The molecule has 2 aromatic heterocycles. The first kappa shape index (κ1) is 20.6. The lowest BCUT2D eigenvalue weighted by Crippen LogP contribution is -2.45. The molecular weight excluding hydrogens is 441 g/mol. The van der Waals surface area contributed by atoms with Crippen LogP contribution < -0.4 is 15.6 Å². The minimum Gasteiger partial charge on any atom is -0.475 e. The third-order valence-electron chi connectivity index (χ3n) is 3.61. The van der Waals surface area contributed by atoms with E-state index in [1.165, 1.54) is 11.3 Å². The van der Waals surface area contributed by atoms with Crippen LogP contribution in [0, 0.1) is 0 Å². The number of hydrogen-bond acceptors (Lipinski definition) is 6. The van der Waals surface area contributed by atoms with Crippen LogP contribution in [-0.4, -0.2) is 53.4 Å². The molecule has 0 unspecified atom stereocenters. The molecule has 1 saturated heterocycles. The number of aliphatic carboxylic acids is 1. The third-order valence-corrected chi connectivity index (χ3v) is 5.03. The van der Waals surface area contributed by atoms with Gasteiger partial charge in [0.1, 0.15) is 16.0 Å². The van der Waals surface area contributed by atoms with Crippen LogP contribution in [0.5, 0.6) is 0 Å². The number of halogens is 4. The largest absolute Gasteiger partial charge is 0.490 e. The quantitative estimate of drug-likeness (QED) is 0.641. The van der Waals surface area contributed by atoms with Crippen molar-refractivity contribution in [3.63, 3.8) is 0 Å². The van der Waals surface area contributed by atoms with Crippen LogP contribution in [-0.2, 0) is 11.2 Å². The number of nitrogens with one attached hydrogen (secondary N) is 2. The molecule has 3 rings (SSSR count). The topological polar surface area (TPSA) is 98.3 Å². The minimum atomic E-state index is -5.08. The maximum absolute atomic E-state index is 12.7. The van der Waals surface area contributed by atoms with Gasteiger partial charge in [0.25, 0.3) is 0 Å². The second kappa shape index (κ2) is 8.35. The predicted octanol–water partition coefficient (Wildman–Crippen LogP) is 2.35. The van der Waals surface area contributed by atoms with Gasteiger partial charge >= 0.3 is 12.1 Å². The second-order valence-electron chi connectivity index (χ2n) is 5.32. The number of hydrogen-bond donors (Lipinski definition) is 3. The molecule has 144 valence electrons. The normalized spacial score (nSPS) is 14.9. The summed E-state index contributed by atoms with van der Waals surface area (Å²) < 4.78 is 32.5. The number of carboxylic acids is 1. The number of thiazole rings is 1. The molecule has 0 amide bonds. The molecule has 0 saturated carbocycles. The number of H-pyrrole nitrogens is 1. The predicted molar refractivity (Wildman–Crippen MR) is 96.1 cm³/mol. The Labute approximate surface area is 158 Å². The van der Waals surface area contributed by atoms with Crippen LogP contribution in [0.15, 0.2) is 8.71 Å². The van der Waals surface area contributed by atoms with E-state index < -0.39 is 12.1 Å². The SMILES string of the molecule is CCc1[nH]c2sc(Br)nc2c(=O)c1N1CCNCC1.O=C(O)C(F)(F)F. The zero-order chi connectivity index (χ0) is 19.5. The Morgan fingerprint density at radius 1 is 1.38 bits per heavy atom. The number of rotatable bonds is 2. The highest BCUT2D eigenvalue weighted by Crippen LogP contribution is 2.26. The van der Waals surface area contributed by atoms with Gasteiger partial charge in [-0.3, -0.25) is 4.79 Å². The highest BCUT2D eigenvalue weighted by molar-refractivity contribution is 9.11. The van der Waals surface area contributed by atoms with E-state index in [1.54, 1.807) is 0 Å². The van der Waals surface area contributed by atoms with Gasteiger partial charge in [0.15, 0.2) is 3.92 Å². The van der Waals surface area contributed by atoms with E-state index in [0.29, 0.717) is 5.52 Å². The number of piperazine rings is 1. The van der Waals surface area contributed by atoms with Crippen LogP contribution in [0.2, 0.25) is 0 Å². The molecule has 1 aliphatic heterocycles. The van der Waals surface area contributed by atoms with Crippen molar-refractivity contribution >= 4 is 49.3 Å². The molecule has 0 bridgehead atoms. The first-order valence-corrected chi connectivity index (χ1v) is 9.23. The Bertz CT molecular complexity index is 846. The fraction of sp³-hybridized carbons (Fsp3) is 0.500. The highest BCUT2D eigenvalue weighted by Gasteiger charge is 2.38. The molecule has 1 aliphatic rings. The molecule has 0 spiro atoms.